The van der Waals surface area contributed by atoms with E-state index in [1.165, 1.54) is 5.56 Å². The van der Waals surface area contributed by atoms with E-state index in [-0.39, 0.29) is 12.6 Å². The first-order chi connectivity index (χ1) is 7.81. The highest BCUT2D eigenvalue weighted by atomic mass is 16.3. The first-order valence-electron chi connectivity index (χ1n) is 5.47. The molecule has 1 aromatic rings. The van der Waals surface area contributed by atoms with Gasteiger partial charge in [0.05, 0.1) is 25.0 Å². The van der Waals surface area contributed by atoms with Gasteiger partial charge in [0, 0.05) is 0 Å². The van der Waals surface area contributed by atoms with Crippen molar-refractivity contribution in [3.05, 3.63) is 35.4 Å². The van der Waals surface area contributed by atoms with E-state index in [1.807, 2.05) is 18.2 Å². The van der Waals surface area contributed by atoms with Crippen molar-refractivity contribution in [2.45, 2.75) is 25.0 Å². The maximum Gasteiger partial charge on any atom is 0.0771 e. The molecule has 2 rings (SSSR count). The number of hydrogen-bond donors (Lipinski definition) is 3. The minimum Gasteiger partial charge on any atom is -0.394 e. The van der Waals surface area contributed by atoms with E-state index >= 15 is 0 Å². The Morgan fingerprint density at radius 3 is 3.00 bits per heavy atom. The molecule has 0 amide bonds. The lowest BCUT2D eigenvalue weighted by atomic mass is 9.96. The third-order valence-electron chi connectivity index (χ3n) is 2.80. The Balaban J connectivity index is 2.04. The lowest BCUT2D eigenvalue weighted by Crippen LogP contribution is -2.23. The SMILES string of the molecule is OCC(O)CCC1NN=Cc2ccccc21. The van der Waals surface area contributed by atoms with E-state index in [0.717, 1.165) is 12.0 Å². The van der Waals surface area contributed by atoms with Crippen LogP contribution in [0.4, 0.5) is 0 Å². The van der Waals surface area contributed by atoms with Crippen LogP contribution in [0, 0.1) is 0 Å². The number of hydrogen-bond acceptors (Lipinski definition) is 4. The Morgan fingerprint density at radius 1 is 1.38 bits per heavy atom. The second-order valence-electron chi connectivity index (χ2n) is 3.98. The summed E-state index contributed by atoms with van der Waals surface area (Å²) in [6.45, 7) is -0.183. The Labute approximate surface area is 94.6 Å². The molecular formula is C12H16N2O2. The summed E-state index contributed by atoms with van der Waals surface area (Å²) in [5, 5.41) is 22.2. The summed E-state index contributed by atoms with van der Waals surface area (Å²) in [6.07, 6.45) is 2.49. The molecule has 3 N–H and O–H groups in total. The number of aliphatic hydroxyl groups excluding tert-OH is 2. The van der Waals surface area contributed by atoms with Crippen LogP contribution in [0.25, 0.3) is 0 Å². The van der Waals surface area contributed by atoms with E-state index in [2.05, 4.69) is 16.6 Å². The zero-order valence-electron chi connectivity index (χ0n) is 9.00. The summed E-state index contributed by atoms with van der Waals surface area (Å²) >= 11 is 0. The van der Waals surface area contributed by atoms with Gasteiger partial charge in [0.2, 0.25) is 0 Å². The van der Waals surface area contributed by atoms with Gasteiger partial charge >= 0.3 is 0 Å². The van der Waals surface area contributed by atoms with Crippen LogP contribution < -0.4 is 5.43 Å². The molecule has 0 spiro atoms. The maximum atomic E-state index is 9.32. The molecule has 0 saturated heterocycles. The molecule has 1 aliphatic heterocycles. The Kier molecular flexibility index (Phi) is 3.54. The maximum absolute atomic E-state index is 9.32. The van der Waals surface area contributed by atoms with Crippen molar-refractivity contribution < 1.29 is 10.2 Å². The topological polar surface area (TPSA) is 64.8 Å². The zero-order chi connectivity index (χ0) is 11.4. The quantitative estimate of drug-likeness (QED) is 0.703. The second kappa shape index (κ2) is 5.09. The van der Waals surface area contributed by atoms with Gasteiger partial charge in [-0.05, 0) is 24.0 Å². The lowest BCUT2D eigenvalue weighted by molar-refractivity contribution is 0.0839. The molecule has 1 heterocycles. The number of aliphatic hydroxyl groups is 2. The van der Waals surface area contributed by atoms with Crippen LogP contribution in [-0.2, 0) is 0 Å². The molecule has 0 radical (unpaired) electrons. The summed E-state index contributed by atoms with van der Waals surface area (Å²) in [6, 6.07) is 8.19. The molecule has 4 heteroatoms. The Morgan fingerprint density at radius 2 is 2.19 bits per heavy atom. The van der Waals surface area contributed by atoms with Crippen LogP contribution in [0.5, 0.6) is 0 Å². The highest BCUT2D eigenvalue weighted by Gasteiger charge is 2.17. The monoisotopic (exact) mass is 220 g/mol. The summed E-state index contributed by atoms with van der Waals surface area (Å²) in [4.78, 5) is 0. The standard InChI is InChI=1S/C12H16N2O2/c15-8-10(16)5-6-12-11-4-2-1-3-9(11)7-13-14-12/h1-4,7,10,12,14-16H,5-6,8H2. The lowest BCUT2D eigenvalue weighted by Gasteiger charge is -2.23. The van der Waals surface area contributed by atoms with Crippen molar-refractivity contribution in [3.63, 3.8) is 0 Å². The number of benzene rings is 1. The van der Waals surface area contributed by atoms with Gasteiger partial charge in [-0.1, -0.05) is 24.3 Å². The molecule has 1 aromatic carbocycles. The van der Waals surface area contributed by atoms with Crippen LogP contribution in [0.3, 0.4) is 0 Å². The Hall–Kier alpha value is -1.39. The highest BCUT2D eigenvalue weighted by molar-refractivity contribution is 5.82. The van der Waals surface area contributed by atoms with Crippen molar-refractivity contribution in [2.75, 3.05) is 6.61 Å². The largest absolute Gasteiger partial charge is 0.394 e. The van der Waals surface area contributed by atoms with Gasteiger partial charge < -0.3 is 15.6 Å². The van der Waals surface area contributed by atoms with E-state index < -0.39 is 6.10 Å². The fraction of sp³-hybridized carbons (Fsp3) is 0.417. The molecular weight excluding hydrogens is 204 g/mol. The van der Waals surface area contributed by atoms with Crippen molar-refractivity contribution in [1.29, 1.82) is 0 Å². The molecule has 0 fully saturated rings. The summed E-state index contributed by atoms with van der Waals surface area (Å²) in [5.41, 5.74) is 5.34. The fourth-order valence-corrected chi connectivity index (χ4v) is 1.88. The van der Waals surface area contributed by atoms with E-state index in [4.69, 9.17) is 5.11 Å². The van der Waals surface area contributed by atoms with Crippen molar-refractivity contribution in [1.82, 2.24) is 5.43 Å². The van der Waals surface area contributed by atoms with E-state index in [1.54, 1.807) is 6.21 Å². The van der Waals surface area contributed by atoms with Crippen LogP contribution in [0.1, 0.15) is 30.0 Å². The number of hydrazone groups is 1. The predicted molar refractivity (Wildman–Crippen MR) is 62.2 cm³/mol. The molecule has 0 saturated carbocycles. The number of nitrogens with zero attached hydrogens (tertiary/aromatic N) is 1. The van der Waals surface area contributed by atoms with Gasteiger partial charge in [0.15, 0.2) is 0 Å². The smallest absolute Gasteiger partial charge is 0.0771 e. The normalized spacial score (nSPS) is 20.0. The molecule has 4 nitrogen and oxygen atoms in total. The summed E-state index contributed by atoms with van der Waals surface area (Å²) < 4.78 is 0. The molecule has 16 heavy (non-hydrogen) atoms. The average molecular weight is 220 g/mol. The van der Waals surface area contributed by atoms with Crippen LogP contribution in [-0.4, -0.2) is 29.1 Å². The zero-order valence-corrected chi connectivity index (χ0v) is 9.00. The minimum atomic E-state index is -0.639. The van der Waals surface area contributed by atoms with E-state index in [9.17, 15) is 5.11 Å². The fourth-order valence-electron chi connectivity index (χ4n) is 1.88. The number of rotatable bonds is 4. The molecule has 0 aliphatic carbocycles. The van der Waals surface area contributed by atoms with Crippen LogP contribution >= 0.6 is 0 Å². The van der Waals surface area contributed by atoms with Gasteiger partial charge in [0.25, 0.3) is 0 Å². The van der Waals surface area contributed by atoms with E-state index in [0.29, 0.717) is 6.42 Å². The first kappa shape index (κ1) is 11.1. The highest BCUT2D eigenvalue weighted by Crippen LogP contribution is 2.24. The predicted octanol–water partition coefficient (Wildman–Crippen LogP) is 0.798. The van der Waals surface area contributed by atoms with Crippen molar-refractivity contribution in [3.8, 4) is 0 Å². The molecule has 86 valence electrons. The third-order valence-corrected chi connectivity index (χ3v) is 2.80. The van der Waals surface area contributed by atoms with Crippen molar-refractivity contribution >= 4 is 6.21 Å². The number of nitrogens with one attached hydrogen (secondary N) is 1. The van der Waals surface area contributed by atoms with Crippen LogP contribution in [0.2, 0.25) is 0 Å². The summed E-state index contributed by atoms with van der Waals surface area (Å²) in [7, 11) is 0. The second-order valence-corrected chi connectivity index (χ2v) is 3.98. The first-order valence-corrected chi connectivity index (χ1v) is 5.47. The molecule has 1 aliphatic rings. The van der Waals surface area contributed by atoms with Gasteiger partial charge in [-0.2, -0.15) is 5.10 Å². The molecule has 2 atom stereocenters. The summed E-state index contributed by atoms with van der Waals surface area (Å²) in [5.74, 6) is 0. The Bertz CT molecular complexity index is 379. The van der Waals surface area contributed by atoms with Gasteiger partial charge in [0.1, 0.15) is 0 Å². The third kappa shape index (κ3) is 2.40. The van der Waals surface area contributed by atoms with Gasteiger partial charge in [-0.3, -0.25) is 0 Å². The minimum absolute atomic E-state index is 0.127. The molecule has 2 unspecified atom stereocenters. The van der Waals surface area contributed by atoms with Gasteiger partial charge in [-0.25, -0.2) is 0 Å². The van der Waals surface area contributed by atoms with Crippen molar-refractivity contribution in [2.24, 2.45) is 5.10 Å². The molecule has 0 bridgehead atoms. The average Bonchev–Trinajstić information content (AvgIpc) is 2.35. The van der Waals surface area contributed by atoms with Crippen LogP contribution in [0.15, 0.2) is 29.4 Å². The molecule has 0 aromatic heterocycles. The van der Waals surface area contributed by atoms with Gasteiger partial charge in [-0.15, -0.1) is 0 Å². The number of fused-ring (bicyclic) bond motifs is 1.